The van der Waals surface area contributed by atoms with Crippen LogP contribution < -0.4 is 5.32 Å². The monoisotopic (exact) mass is 229 g/mol. The number of hydrogen-bond donors (Lipinski definition) is 2. The molecule has 5 heteroatoms. The third-order valence-corrected chi connectivity index (χ3v) is 2.89. The van der Waals surface area contributed by atoms with E-state index in [2.05, 4.69) is 5.32 Å². The summed E-state index contributed by atoms with van der Waals surface area (Å²) in [6.45, 7) is 4.22. The van der Waals surface area contributed by atoms with Crippen molar-refractivity contribution in [1.82, 2.24) is 5.32 Å². The molecule has 1 amide bonds. The normalized spacial score (nSPS) is 30.1. The molecule has 16 heavy (non-hydrogen) atoms. The Bertz CT molecular complexity index is 275. The lowest BCUT2D eigenvalue weighted by atomic mass is 10.2. The van der Waals surface area contributed by atoms with E-state index in [0.29, 0.717) is 6.61 Å². The van der Waals surface area contributed by atoms with Crippen LogP contribution in [-0.4, -0.2) is 42.2 Å². The van der Waals surface area contributed by atoms with E-state index in [1.807, 2.05) is 13.8 Å². The van der Waals surface area contributed by atoms with E-state index in [-0.39, 0.29) is 24.5 Å². The lowest BCUT2D eigenvalue weighted by molar-refractivity contribution is -0.150. The molecule has 2 aliphatic rings. The predicted octanol–water partition coefficient (Wildman–Crippen LogP) is 0.0250. The molecule has 2 atom stereocenters. The standard InChI is InChI=1S/C11H19NO4/c1-11(2)15-6-9(16-11)8(13)5-12-10(14)7-3-4-7/h7-9,13H,3-6H2,1-2H3,(H,12,14). The molecule has 0 aromatic heterocycles. The highest BCUT2D eigenvalue weighted by atomic mass is 16.7. The summed E-state index contributed by atoms with van der Waals surface area (Å²) in [5, 5.41) is 12.5. The summed E-state index contributed by atoms with van der Waals surface area (Å²) in [6, 6.07) is 0. The van der Waals surface area contributed by atoms with Crippen LogP contribution in [0.5, 0.6) is 0 Å². The van der Waals surface area contributed by atoms with E-state index in [1.54, 1.807) is 0 Å². The van der Waals surface area contributed by atoms with E-state index in [0.717, 1.165) is 12.8 Å². The maximum Gasteiger partial charge on any atom is 0.223 e. The summed E-state index contributed by atoms with van der Waals surface area (Å²) in [5.74, 6) is -0.423. The molecule has 0 radical (unpaired) electrons. The van der Waals surface area contributed by atoms with Crippen LogP contribution in [0.3, 0.4) is 0 Å². The summed E-state index contributed by atoms with van der Waals surface area (Å²) in [6.07, 6.45) is 0.884. The second-order valence-corrected chi connectivity index (χ2v) is 4.95. The fraction of sp³-hybridized carbons (Fsp3) is 0.909. The largest absolute Gasteiger partial charge is 0.388 e. The Morgan fingerprint density at radius 1 is 1.56 bits per heavy atom. The molecule has 1 heterocycles. The molecule has 1 aliphatic carbocycles. The smallest absolute Gasteiger partial charge is 0.223 e. The van der Waals surface area contributed by atoms with Gasteiger partial charge in [-0.1, -0.05) is 0 Å². The predicted molar refractivity (Wildman–Crippen MR) is 56.6 cm³/mol. The Balaban J connectivity index is 1.71. The minimum Gasteiger partial charge on any atom is -0.388 e. The summed E-state index contributed by atoms with van der Waals surface area (Å²) >= 11 is 0. The van der Waals surface area contributed by atoms with E-state index >= 15 is 0 Å². The average molecular weight is 229 g/mol. The van der Waals surface area contributed by atoms with Gasteiger partial charge in [-0.05, 0) is 26.7 Å². The highest BCUT2D eigenvalue weighted by Crippen LogP contribution is 2.29. The van der Waals surface area contributed by atoms with Gasteiger partial charge in [0.05, 0.1) is 12.7 Å². The van der Waals surface area contributed by atoms with E-state index in [9.17, 15) is 9.90 Å². The van der Waals surface area contributed by atoms with Crippen molar-refractivity contribution in [3.63, 3.8) is 0 Å². The first kappa shape index (κ1) is 11.8. The van der Waals surface area contributed by atoms with E-state index < -0.39 is 11.9 Å². The number of aliphatic hydroxyl groups excluding tert-OH is 1. The van der Waals surface area contributed by atoms with Crippen LogP contribution >= 0.6 is 0 Å². The van der Waals surface area contributed by atoms with Gasteiger partial charge in [0.1, 0.15) is 6.10 Å². The van der Waals surface area contributed by atoms with Crippen LogP contribution in [0, 0.1) is 5.92 Å². The van der Waals surface area contributed by atoms with Crippen molar-refractivity contribution in [2.75, 3.05) is 13.2 Å². The molecule has 0 bridgehead atoms. The van der Waals surface area contributed by atoms with Gasteiger partial charge in [0.2, 0.25) is 5.91 Å². The molecule has 2 rings (SSSR count). The topological polar surface area (TPSA) is 67.8 Å². The SMILES string of the molecule is CC1(C)OCC(C(O)CNC(=O)C2CC2)O1. The fourth-order valence-electron chi connectivity index (χ4n) is 1.73. The van der Waals surface area contributed by atoms with Gasteiger partial charge in [-0.3, -0.25) is 4.79 Å². The molecular weight excluding hydrogens is 210 g/mol. The lowest BCUT2D eigenvalue weighted by Crippen LogP contribution is -2.41. The van der Waals surface area contributed by atoms with Crippen molar-refractivity contribution in [3.8, 4) is 0 Å². The molecule has 1 aliphatic heterocycles. The van der Waals surface area contributed by atoms with E-state index in [4.69, 9.17) is 9.47 Å². The molecule has 2 N–H and O–H groups in total. The van der Waals surface area contributed by atoms with Crippen molar-refractivity contribution >= 4 is 5.91 Å². The first-order valence-electron chi connectivity index (χ1n) is 5.75. The van der Waals surface area contributed by atoms with Crippen LogP contribution in [-0.2, 0) is 14.3 Å². The van der Waals surface area contributed by atoms with Gasteiger partial charge in [-0.15, -0.1) is 0 Å². The van der Waals surface area contributed by atoms with Crippen LogP contribution in [0.1, 0.15) is 26.7 Å². The molecule has 1 saturated carbocycles. The molecule has 0 aromatic rings. The van der Waals surface area contributed by atoms with Gasteiger partial charge < -0.3 is 19.9 Å². The van der Waals surface area contributed by atoms with Gasteiger partial charge in [-0.25, -0.2) is 0 Å². The molecule has 0 aromatic carbocycles. The first-order chi connectivity index (χ1) is 7.48. The molecule has 2 unspecified atom stereocenters. The molecule has 5 nitrogen and oxygen atoms in total. The number of aliphatic hydroxyl groups is 1. The van der Waals surface area contributed by atoms with Gasteiger partial charge in [-0.2, -0.15) is 0 Å². The van der Waals surface area contributed by atoms with Crippen LogP contribution in [0.4, 0.5) is 0 Å². The zero-order valence-corrected chi connectivity index (χ0v) is 9.73. The van der Waals surface area contributed by atoms with Crippen molar-refractivity contribution in [2.45, 2.75) is 44.7 Å². The number of rotatable bonds is 4. The van der Waals surface area contributed by atoms with Crippen molar-refractivity contribution in [1.29, 1.82) is 0 Å². The van der Waals surface area contributed by atoms with Gasteiger partial charge >= 0.3 is 0 Å². The van der Waals surface area contributed by atoms with Crippen molar-refractivity contribution < 1.29 is 19.4 Å². The summed E-state index contributed by atoms with van der Waals surface area (Å²) in [5.41, 5.74) is 0. The summed E-state index contributed by atoms with van der Waals surface area (Å²) in [7, 11) is 0. The Morgan fingerprint density at radius 3 is 2.75 bits per heavy atom. The average Bonchev–Trinajstić information content (AvgIpc) is 2.99. The molecular formula is C11H19NO4. The maximum atomic E-state index is 11.4. The molecule has 92 valence electrons. The van der Waals surface area contributed by atoms with Crippen LogP contribution in [0.2, 0.25) is 0 Å². The Kier molecular flexibility index (Phi) is 3.19. The number of amides is 1. The number of hydrogen-bond acceptors (Lipinski definition) is 4. The minimum atomic E-state index is -0.704. The van der Waals surface area contributed by atoms with E-state index in [1.165, 1.54) is 0 Å². The zero-order valence-electron chi connectivity index (χ0n) is 9.73. The zero-order chi connectivity index (χ0) is 11.8. The van der Waals surface area contributed by atoms with Gasteiger partial charge in [0.15, 0.2) is 5.79 Å². The van der Waals surface area contributed by atoms with Crippen LogP contribution in [0.15, 0.2) is 0 Å². The number of carbonyl (C=O) groups is 1. The highest BCUT2D eigenvalue weighted by Gasteiger charge is 2.37. The second-order valence-electron chi connectivity index (χ2n) is 4.95. The van der Waals surface area contributed by atoms with Gasteiger partial charge in [0.25, 0.3) is 0 Å². The maximum absolute atomic E-state index is 11.4. The van der Waals surface area contributed by atoms with Crippen molar-refractivity contribution in [2.24, 2.45) is 5.92 Å². The Labute approximate surface area is 95.1 Å². The second kappa shape index (κ2) is 4.31. The molecule has 2 fully saturated rings. The lowest BCUT2D eigenvalue weighted by Gasteiger charge is -2.20. The third kappa shape index (κ3) is 2.93. The highest BCUT2D eigenvalue weighted by molar-refractivity contribution is 5.80. The van der Waals surface area contributed by atoms with Gasteiger partial charge in [0, 0.05) is 12.5 Å². The van der Waals surface area contributed by atoms with Crippen molar-refractivity contribution in [3.05, 3.63) is 0 Å². The number of ether oxygens (including phenoxy) is 2. The number of nitrogens with one attached hydrogen (secondary N) is 1. The fourth-order valence-corrected chi connectivity index (χ4v) is 1.73. The third-order valence-electron chi connectivity index (χ3n) is 2.89. The summed E-state index contributed by atoms with van der Waals surface area (Å²) in [4.78, 5) is 11.4. The minimum absolute atomic E-state index is 0.0391. The molecule has 0 spiro atoms. The molecule has 1 saturated heterocycles. The first-order valence-corrected chi connectivity index (χ1v) is 5.75. The Hall–Kier alpha value is -0.650. The summed E-state index contributed by atoms with van der Waals surface area (Å²) < 4.78 is 10.8. The Morgan fingerprint density at radius 2 is 2.25 bits per heavy atom. The van der Waals surface area contributed by atoms with Crippen LogP contribution in [0.25, 0.3) is 0 Å². The number of carbonyl (C=O) groups excluding carboxylic acids is 1. The quantitative estimate of drug-likeness (QED) is 0.713.